The van der Waals surface area contributed by atoms with Gasteiger partial charge in [-0.25, -0.2) is 0 Å². The molecule has 6 N–H and O–H groups in total. The predicted octanol–water partition coefficient (Wildman–Crippen LogP) is 2.58. The van der Waals surface area contributed by atoms with Crippen LogP contribution in [-0.2, 0) is 0 Å². The molecule has 0 aliphatic heterocycles. The summed E-state index contributed by atoms with van der Waals surface area (Å²) < 4.78 is 0. The number of hydrogen-bond acceptors (Lipinski definition) is 4. The molecule has 0 amide bonds. The van der Waals surface area contributed by atoms with E-state index in [-0.39, 0.29) is 6.04 Å². The highest BCUT2D eigenvalue weighted by molar-refractivity contribution is 6.37. The molecule has 1 saturated carbocycles. The van der Waals surface area contributed by atoms with Crippen LogP contribution in [0.15, 0.2) is 12.1 Å². The molecule has 1 aromatic carbocycles. The van der Waals surface area contributed by atoms with E-state index in [2.05, 4.69) is 5.32 Å². The van der Waals surface area contributed by atoms with E-state index < -0.39 is 5.72 Å². The fraction of sp³-hybridized carbons (Fsp3) is 0.500. The lowest BCUT2D eigenvalue weighted by molar-refractivity contribution is 0.0269. The number of rotatable bonds is 2. The van der Waals surface area contributed by atoms with Gasteiger partial charge >= 0.3 is 0 Å². The quantitative estimate of drug-likeness (QED) is 0.498. The molecule has 0 aromatic heterocycles. The summed E-state index contributed by atoms with van der Waals surface area (Å²) in [5, 5.41) is 14.3. The maximum atomic E-state index is 10.4. The highest BCUT2D eigenvalue weighted by Gasteiger charge is 2.32. The first-order chi connectivity index (χ1) is 8.39. The number of hydrogen-bond donors (Lipinski definition) is 4. The van der Waals surface area contributed by atoms with Crippen LogP contribution >= 0.6 is 23.2 Å². The van der Waals surface area contributed by atoms with Gasteiger partial charge < -0.3 is 21.9 Å². The highest BCUT2D eigenvalue weighted by Crippen LogP contribution is 2.35. The van der Waals surface area contributed by atoms with Crippen molar-refractivity contribution in [3.63, 3.8) is 0 Å². The molecule has 0 heterocycles. The van der Waals surface area contributed by atoms with Gasteiger partial charge in [0.05, 0.1) is 21.4 Å². The fourth-order valence-electron chi connectivity index (χ4n) is 2.15. The maximum absolute atomic E-state index is 10.4. The molecule has 0 unspecified atom stereocenters. The zero-order chi connectivity index (χ0) is 13.3. The standard InChI is InChI=1S/C12H17Cl2N3O/c13-8-6-11(9(14)5-10(8)16)17-12(18)3-1-7(15)2-4-12/h5-7,17-18H,1-4,15-16H2. The van der Waals surface area contributed by atoms with Gasteiger partial charge in [0.2, 0.25) is 0 Å². The minimum atomic E-state index is -0.973. The second-order valence-corrected chi connectivity index (χ2v) is 5.66. The van der Waals surface area contributed by atoms with Gasteiger partial charge in [-0.2, -0.15) is 0 Å². The second-order valence-electron chi connectivity index (χ2n) is 4.85. The van der Waals surface area contributed by atoms with E-state index >= 15 is 0 Å². The van der Waals surface area contributed by atoms with E-state index in [1.807, 2.05) is 0 Å². The summed E-state index contributed by atoms with van der Waals surface area (Å²) in [4.78, 5) is 0. The summed E-state index contributed by atoms with van der Waals surface area (Å²) in [5.74, 6) is 0. The lowest BCUT2D eigenvalue weighted by Crippen LogP contribution is -2.44. The lowest BCUT2D eigenvalue weighted by atomic mass is 9.88. The first-order valence-electron chi connectivity index (χ1n) is 5.90. The zero-order valence-electron chi connectivity index (χ0n) is 9.92. The number of nitrogens with one attached hydrogen (secondary N) is 1. The predicted molar refractivity (Wildman–Crippen MR) is 75.9 cm³/mol. The number of halogens is 2. The van der Waals surface area contributed by atoms with Crippen LogP contribution in [-0.4, -0.2) is 16.9 Å². The van der Waals surface area contributed by atoms with Gasteiger partial charge in [-0.05, 0) is 37.8 Å². The summed E-state index contributed by atoms with van der Waals surface area (Å²) in [6, 6.07) is 3.37. The van der Waals surface area contributed by atoms with E-state index in [1.165, 1.54) is 0 Å². The Morgan fingerprint density at radius 3 is 2.44 bits per heavy atom. The summed E-state index contributed by atoms with van der Waals surface area (Å²) in [7, 11) is 0. The summed E-state index contributed by atoms with van der Waals surface area (Å²) in [6.07, 6.45) is 2.74. The molecule has 18 heavy (non-hydrogen) atoms. The fourth-order valence-corrected chi connectivity index (χ4v) is 2.53. The summed E-state index contributed by atoms with van der Waals surface area (Å²) in [6.45, 7) is 0. The van der Waals surface area contributed by atoms with Crippen molar-refractivity contribution in [3.05, 3.63) is 22.2 Å². The van der Waals surface area contributed by atoms with Crippen LogP contribution in [0.3, 0.4) is 0 Å². The molecule has 0 saturated heterocycles. The Morgan fingerprint density at radius 2 is 1.83 bits per heavy atom. The van der Waals surface area contributed by atoms with Crippen LogP contribution < -0.4 is 16.8 Å². The number of aliphatic hydroxyl groups is 1. The molecule has 0 radical (unpaired) electrons. The van der Waals surface area contributed by atoms with Crippen LogP contribution in [0, 0.1) is 0 Å². The molecule has 0 atom stereocenters. The smallest absolute Gasteiger partial charge is 0.135 e. The van der Waals surface area contributed by atoms with Crippen LogP contribution in [0.1, 0.15) is 25.7 Å². The average molecular weight is 290 g/mol. The van der Waals surface area contributed by atoms with Gasteiger partial charge in [0.1, 0.15) is 5.72 Å². The molecular weight excluding hydrogens is 273 g/mol. The van der Waals surface area contributed by atoms with Crippen molar-refractivity contribution >= 4 is 34.6 Å². The Morgan fingerprint density at radius 1 is 1.22 bits per heavy atom. The SMILES string of the molecule is Nc1cc(Cl)c(NC2(O)CCC(N)CC2)cc1Cl. The molecule has 0 bridgehead atoms. The van der Waals surface area contributed by atoms with Crippen molar-refractivity contribution in [2.75, 3.05) is 11.1 Å². The first kappa shape index (κ1) is 13.7. The topological polar surface area (TPSA) is 84.3 Å². The van der Waals surface area contributed by atoms with Crippen LogP contribution in [0.2, 0.25) is 10.0 Å². The normalized spacial score (nSPS) is 28.1. The van der Waals surface area contributed by atoms with Crippen molar-refractivity contribution in [1.29, 1.82) is 0 Å². The van der Waals surface area contributed by atoms with Gasteiger partial charge in [-0.1, -0.05) is 23.2 Å². The molecule has 1 fully saturated rings. The van der Waals surface area contributed by atoms with Crippen molar-refractivity contribution in [1.82, 2.24) is 0 Å². The van der Waals surface area contributed by atoms with E-state index in [0.717, 1.165) is 12.8 Å². The Bertz CT molecular complexity index is 445. The van der Waals surface area contributed by atoms with Crippen LogP contribution in [0.4, 0.5) is 11.4 Å². The molecular formula is C12H17Cl2N3O. The third-order valence-corrected chi connectivity index (χ3v) is 3.95. The van der Waals surface area contributed by atoms with E-state index in [0.29, 0.717) is 34.3 Å². The zero-order valence-corrected chi connectivity index (χ0v) is 11.4. The Hall–Kier alpha value is -0.680. The average Bonchev–Trinajstić information content (AvgIpc) is 2.30. The molecule has 1 aliphatic rings. The van der Waals surface area contributed by atoms with E-state index in [4.69, 9.17) is 34.7 Å². The Balaban J connectivity index is 2.16. The van der Waals surface area contributed by atoms with Gasteiger partial charge in [0, 0.05) is 6.04 Å². The van der Waals surface area contributed by atoms with E-state index in [1.54, 1.807) is 12.1 Å². The number of benzene rings is 1. The number of nitrogens with two attached hydrogens (primary N) is 2. The highest BCUT2D eigenvalue weighted by atomic mass is 35.5. The van der Waals surface area contributed by atoms with Crippen LogP contribution in [0.25, 0.3) is 0 Å². The van der Waals surface area contributed by atoms with Gasteiger partial charge in [0.25, 0.3) is 0 Å². The third-order valence-electron chi connectivity index (χ3n) is 3.31. The van der Waals surface area contributed by atoms with Gasteiger partial charge in [-0.15, -0.1) is 0 Å². The number of anilines is 2. The molecule has 1 aliphatic carbocycles. The second kappa shape index (κ2) is 5.13. The molecule has 1 aromatic rings. The van der Waals surface area contributed by atoms with Crippen molar-refractivity contribution < 1.29 is 5.11 Å². The maximum Gasteiger partial charge on any atom is 0.135 e. The molecule has 100 valence electrons. The molecule has 6 heteroatoms. The van der Waals surface area contributed by atoms with Gasteiger partial charge in [0.15, 0.2) is 0 Å². The van der Waals surface area contributed by atoms with Gasteiger partial charge in [-0.3, -0.25) is 0 Å². The van der Waals surface area contributed by atoms with Crippen molar-refractivity contribution in [2.45, 2.75) is 37.5 Å². The molecule has 2 rings (SSSR count). The number of nitrogen functional groups attached to an aromatic ring is 1. The van der Waals surface area contributed by atoms with Crippen LogP contribution in [0.5, 0.6) is 0 Å². The molecule has 4 nitrogen and oxygen atoms in total. The van der Waals surface area contributed by atoms with Crippen molar-refractivity contribution in [3.8, 4) is 0 Å². The lowest BCUT2D eigenvalue weighted by Gasteiger charge is -2.36. The minimum absolute atomic E-state index is 0.164. The van der Waals surface area contributed by atoms with E-state index in [9.17, 15) is 5.11 Å². The third kappa shape index (κ3) is 3.01. The minimum Gasteiger partial charge on any atom is -0.397 e. The summed E-state index contributed by atoms with van der Waals surface area (Å²) in [5.41, 5.74) is 11.5. The van der Waals surface area contributed by atoms with Crippen molar-refractivity contribution in [2.24, 2.45) is 5.73 Å². The molecule has 0 spiro atoms. The first-order valence-corrected chi connectivity index (χ1v) is 6.66. The Labute approximate surface area is 116 Å². The monoisotopic (exact) mass is 289 g/mol. The summed E-state index contributed by atoms with van der Waals surface area (Å²) >= 11 is 12.0. The largest absolute Gasteiger partial charge is 0.397 e. The Kier molecular flexibility index (Phi) is 3.92.